The third-order valence-corrected chi connectivity index (χ3v) is 2.49. The first-order valence-corrected chi connectivity index (χ1v) is 6.41. The van der Waals surface area contributed by atoms with Crippen molar-refractivity contribution >= 4 is 23.1 Å². The standard InChI is InChI=1S/C13H14N4O2S/c18-9-8-14-13(20)15-11-6-7-12(17-16-11)19-10-4-2-1-3-5-10/h1-7,18H,8-9H2,(H2,14,15,16,20). The summed E-state index contributed by atoms with van der Waals surface area (Å²) in [4.78, 5) is 0. The van der Waals surface area contributed by atoms with Crippen LogP contribution in [0.5, 0.6) is 11.6 Å². The van der Waals surface area contributed by atoms with E-state index in [-0.39, 0.29) is 6.61 Å². The summed E-state index contributed by atoms with van der Waals surface area (Å²) in [7, 11) is 0. The fraction of sp³-hybridized carbons (Fsp3) is 0.154. The number of hydrogen-bond donors (Lipinski definition) is 3. The molecule has 6 nitrogen and oxygen atoms in total. The summed E-state index contributed by atoms with van der Waals surface area (Å²) < 4.78 is 5.52. The van der Waals surface area contributed by atoms with Gasteiger partial charge < -0.3 is 20.5 Å². The van der Waals surface area contributed by atoms with E-state index >= 15 is 0 Å². The van der Waals surface area contributed by atoms with Gasteiger partial charge in [-0.15, -0.1) is 10.2 Å². The van der Waals surface area contributed by atoms with Crippen LogP contribution >= 0.6 is 12.2 Å². The van der Waals surface area contributed by atoms with Crippen molar-refractivity contribution < 1.29 is 9.84 Å². The van der Waals surface area contributed by atoms with Crippen LogP contribution in [0.1, 0.15) is 0 Å². The zero-order chi connectivity index (χ0) is 14.2. The molecule has 0 aliphatic rings. The average Bonchev–Trinajstić information content (AvgIpc) is 2.48. The van der Waals surface area contributed by atoms with Gasteiger partial charge >= 0.3 is 0 Å². The summed E-state index contributed by atoms with van der Waals surface area (Å²) in [5.41, 5.74) is 0. The molecule has 104 valence electrons. The van der Waals surface area contributed by atoms with Crippen LogP contribution in [0, 0.1) is 0 Å². The molecule has 0 radical (unpaired) electrons. The third-order valence-electron chi connectivity index (χ3n) is 2.24. The summed E-state index contributed by atoms with van der Waals surface area (Å²) >= 11 is 5.01. The van der Waals surface area contributed by atoms with E-state index in [0.717, 1.165) is 0 Å². The van der Waals surface area contributed by atoms with E-state index < -0.39 is 0 Å². The quantitative estimate of drug-likeness (QED) is 0.721. The van der Waals surface area contributed by atoms with Crippen LogP contribution < -0.4 is 15.4 Å². The highest BCUT2D eigenvalue weighted by Gasteiger charge is 2.02. The minimum atomic E-state index is 0.0113. The van der Waals surface area contributed by atoms with Gasteiger partial charge in [0.2, 0.25) is 5.88 Å². The van der Waals surface area contributed by atoms with Gasteiger partial charge in [-0.05, 0) is 30.4 Å². The number of benzene rings is 1. The molecule has 3 N–H and O–H groups in total. The number of hydrogen-bond acceptors (Lipinski definition) is 5. The van der Waals surface area contributed by atoms with Crippen molar-refractivity contribution in [2.24, 2.45) is 0 Å². The molecule has 0 bridgehead atoms. The van der Waals surface area contributed by atoms with Gasteiger partial charge in [-0.25, -0.2) is 0 Å². The molecule has 0 fully saturated rings. The van der Waals surface area contributed by atoms with E-state index in [4.69, 9.17) is 22.1 Å². The highest BCUT2D eigenvalue weighted by atomic mass is 32.1. The number of para-hydroxylation sites is 1. The number of nitrogens with zero attached hydrogens (tertiary/aromatic N) is 2. The number of aliphatic hydroxyl groups is 1. The van der Waals surface area contributed by atoms with Gasteiger partial charge in [-0.2, -0.15) is 0 Å². The van der Waals surface area contributed by atoms with Crippen molar-refractivity contribution in [3.63, 3.8) is 0 Å². The van der Waals surface area contributed by atoms with Crippen LogP contribution in [0.3, 0.4) is 0 Å². The van der Waals surface area contributed by atoms with E-state index in [1.165, 1.54) is 0 Å². The second kappa shape index (κ2) is 7.37. The maximum Gasteiger partial charge on any atom is 0.238 e. The van der Waals surface area contributed by atoms with Crippen molar-refractivity contribution in [3.05, 3.63) is 42.5 Å². The van der Waals surface area contributed by atoms with Gasteiger partial charge in [-0.1, -0.05) is 18.2 Å². The molecule has 0 aliphatic carbocycles. The Balaban J connectivity index is 1.91. The summed E-state index contributed by atoms with van der Waals surface area (Å²) in [5, 5.41) is 22.6. The Labute approximate surface area is 121 Å². The summed E-state index contributed by atoms with van der Waals surface area (Å²) in [5.74, 6) is 1.60. The Kier molecular flexibility index (Phi) is 5.22. The second-order valence-corrected chi connectivity index (χ2v) is 4.18. The minimum absolute atomic E-state index is 0.0113. The van der Waals surface area contributed by atoms with E-state index in [0.29, 0.717) is 29.1 Å². The predicted octanol–water partition coefficient (Wildman–Crippen LogP) is 1.55. The molecule has 0 saturated carbocycles. The Morgan fingerprint density at radius 3 is 2.60 bits per heavy atom. The highest BCUT2D eigenvalue weighted by Crippen LogP contribution is 2.18. The van der Waals surface area contributed by atoms with Crippen LogP contribution in [0.2, 0.25) is 0 Å². The molecular weight excluding hydrogens is 276 g/mol. The summed E-state index contributed by atoms with van der Waals surface area (Å²) in [6.07, 6.45) is 0. The molecule has 1 aromatic heterocycles. The molecule has 7 heteroatoms. The lowest BCUT2D eigenvalue weighted by Crippen LogP contribution is -2.31. The molecule has 1 aromatic carbocycles. The summed E-state index contributed by atoms with van der Waals surface area (Å²) in [6, 6.07) is 12.7. The monoisotopic (exact) mass is 290 g/mol. The first kappa shape index (κ1) is 14.2. The molecular formula is C13H14N4O2S. The maximum atomic E-state index is 8.66. The number of aliphatic hydroxyl groups excluding tert-OH is 1. The van der Waals surface area contributed by atoms with Crippen molar-refractivity contribution in [2.45, 2.75) is 0 Å². The number of ether oxygens (including phenoxy) is 1. The molecule has 0 aliphatic heterocycles. The van der Waals surface area contributed by atoms with Gasteiger partial charge in [0.05, 0.1) is 6.61 Å². The maximum absolute atomic E-state index is 8.66. The molecule has 0 unspecified atom stereocenters. The van der Waals surface area contributed by atoms with Gasteiger partial charge in [0.25, 0.3) is 0 Å². The van der Waals surface area contributed by atoms with Crippen LogP contribution in [-0.2, 0) is 0 Å². The van der Waals surface area contributed by atoms with Crippen molar-refractivity contribution in [2.75, 3.05) is 18.5 Å². The predicted molar refractivity (Wildman–Crippen MR) is 79.9 cm³/mol. The average molecular weight is 290 g/mol. The van der Waals surface area contributed by atoms with Crippen molar-refractivity contribution in [1.82, 2.24) is 15.5 Å². The SMILES string of the molecule is OCCNC(=S)Nc1ccc(Oc2ccccc2)nn1. The zero-order valence-corrected chi connectivity index (χ0v) is 11.4. The van der Waals surface area contributed by atoms with Crippen molar-refractivity contribution in [1.29, 1.82) is 0 Å². The first-order chi connectivity index (χ1) is 9.78. The van der Waals surface area contributed by atoms with Crippen LogP contribution in [-0.4, -0.2) is 33.6 Å². The van der Waals surface area contributed by atoms with E-state index in [9.17, 15) is 0 Å². The Hall–Kier alpha value is -2.25. The molecule has 2 aromatic rings. The lowest BCUT2D eigenvalue weighted by atomic mass is 10.3. The fourth-order valence-corrected chi connectivity index (χ4v) is 1.59. The number of nitrogens with one attached hydrogen (secondary N) is 2. The van der Waals surface area contributed by atoms with Crippen LogP contribution in [0.4, 0.5) is 5.82 Å². The van der Waals surface area contributed by atoms with E-state index in [2.05, 4.69) is 20.8 Å². The highest BCUT2D eigenvalue weighted by molar-refractivity contribution is 7.80. The number of thiocarbonyl (C=S) groups is 1. The smallest absolute Gasteiger partial charge is 0.238 e. The molecule has 0 amide bonds. The first-order valence-electron chi connectivity index (χ1n) is 6.00. The number of anilines is 1. The molecule has 0 atom stereocenters. The number of aromatic nitrogens is 2. The van der Waals surface area contributed by atoms with Gasteiger partial charge in [0, 0.05) is 12.6 Å². The van der Waals surface area contributed by atoms with Gasteiger partial charge in [0.15, 0.2) is 10.9 Å². The summed E-state index contributed by atoms with van der Waals surface area (Å²) in [6.45, 7) is 0.395. The van der Waals surface area contributed by atoms with E-state index in [1.54, 1.807) is 12.1 Å². The van der Waals surface area contributed by atoms with Gasteiger partial charge in [-0.3, -0.25) is 0 Å². The third kappa shape index (κ3) is 4.45. The Bertz CT molecular complexity index is 548. The van der Waals surface area contributed by atoms with Crippen LogP contribution in [0.25, 0.3) is 0 Å². The fourth-order valence-electron chi connectivity index (χ4n) is 1.38. The molecule has 1 heterocycles. The van der Waals surface area contributed by atoms with Crippen LogP contribution in [0.15, 0.2) is 42.5 Å². The van der Waals surface area contributed by atoms with E-state index in [1.807, 2.05) is 30.3 Å². The zero-order valence-electron chi connectivity index (χ0n) is 10.6. The minimum Gasteiger partial charge on any atom is -0.438 e. The Morgan fingerprint density at radius 1 is 1.15 bits per heavy atom. The molecule has 20 heavy (non-hydrogen) atoms. The van der Waals surface area contributed by atoms with Gasteiger partial charge in [0.1, 0.15) is 5.75 Å². The molecule has 0 spiro atoms. The molecule has 2 rings (SSSR count). The number of rotatable bonds is 5. The molecule has 0 saturated heterocycles. The van der Waals surface area contributed by atoms with Crippen molar-refractivity contribution in [3.8, 4) is 11.6 Å². The lowest BCUT2D eigenvalue weighted by Gasteiger charge is -2.08. The lowest BCUT2D eigenvalue weighted by molar-refractivity contribution is 0.300. The largest absolute Gasteiger partial charge is 0.438 e. The second-order valence-electron chi connectivity index (χ2n) is 3.78. The Morgan fingerprint density at radius 2 is 1.95 bits per heavy atom. The topological polar surface area (TPSA) is 79.3 Å². The normalized spacial score (nSPS) is 9.85.